The van der Waals surface area contributed by atoms with E-state index in [-0.39, 0.29) is 10.4 Å². The van der Waals surface area contributed by atoms with Gasteiger partial charge >= 0.3 is 6.18 Å². The second kappa shape index (κ2) is 5.37. The van der Waals surface area contributed by atoms with Crippen LogP contribution in [0, 0.1) is 3.57 Å². The number of benzene rings is 1. The largest absolute Gasteiger partial charge is 0.443 e. The zero-order valence-corrected chi connectivity index (χ0v) is 12.7. The summed E-state index contributed by atoms with van der Waals surface area (Å²) in [5.74, 6) is -0.514. The third kappa shape index (κ3) is 3.26. The zero-order valence-electron chi connectivity index (χ0n) is 8.96. The fourth-order valence-electron chi connectivity index (χ4n) is 1.31. The van der Waals surface area contributed by atoms with Crippen LogP contribution in [0.3, 0.4) is 0 Å². The third-order valence-corrected chi connectivity index (χ3v) is 4.36. The van der Waals surface area contributed by atoms with Gasteiger partial charge in [0.05, 0.1) is 4.88 Å². The molecule has 1 heterocycles. The number of thiazole rings is 1. The number of alkyl halides is 3. The monoisotopic (exact) mass is 417 g/mol. The van der Waals surface area contributed by atoms with Gasteiger partial charge in [-0.15, -0.1) is 11.3 Å². The third-order valence-electron chi connectivity index (χ3n) is 2.15. The van der Waals surface area contributed by atoms with E-state index in [0.717, 1.165) is 6.20 Å². The topological polar surface area (TPSA) is 30.0 Å². The van der Waals surface area contributed by atoms with Gasteiger partial charge in [-0.05, 0) is 40.8 Å². The van der Waals surface area contributed by atoms with Crippen molar-refractivity contribution in [1.29, 1.82) is 0 Å². The average Bonchev–Trinajstić information content (AvgIpc) is 2.80. The lowest BCUT2D eigenvalue weighted by molar-refractivity contribution is -0.137. The van der Waals surface area contributed by atoms with Crippen LogP contribution in [0.25, 0.3) is 0 Å². The number of carbonyl (C=O) groups excluding carboxylic acids is 1. The Kier molecular flexibility index (Phi) is 4.17. The predicted molar refractivity (Wildman–Crippen MR) is 74.7 cm³/mol. The number of ketones is 1. The molecule has 2 aromatic rings. The van der Waals surface area contributed by atoms with Gasteiger partial charge in [0.2, 0.25) is 5.78 Å². The SMILES string of the molecule is O=C(c1cnc(C(F)(F)F)s1)c1cc(Cl)ccc1I. The number of carbonyl (C=O) groups is 1. The molecule has 8 heteroatoms. The molecule has 0 aliphatic rings. The van der Waals surface area contributed by atoms with Gasteiger partial charge in [0, 0.05) is 20.4 Å². The van der Waals surface area contributed by atoms with Crippen LogP contribution < -0.4 is 0 Å². The minimum Gasteiger partial charge on any atom is -0.288 e. The van der Waals surface area contributed by atoms with Crippen molar-refractivity contribution in [3.63, 3.8) is 0 Å². The number of aromatic nitrogens is 1. The van der Waals surface area contributed by atoms with Gasteiger partial charge in [-0.25, -0.2) is 4.98 Å². The van der Waals surface area contributed by atoms with E-state index in [0.29, 0.717) is 19.9 Å². The normalized spacial score (nSPS) is 11.6. The molecular weight excluding hydrogens is 414 g/mol. The summed E-state index contributed by atoms with van der Waals surface area (Å²) in [6.07, 6.45) is -3.60. The highest BCUT2D eigenvalue weighted by atomic mass is 127. The van der Waals surface area contributed by atoms with E-state index < -0.39 is 17.0 Å². The molecule has 1 aromatic heterocycles. The number of rotatable bonds is 2. The molecule has 2 rings (SSSR count). The minimum absolute atomic E-state index is 0.0625. The first-order valence-corrected chi connectivity index (χ1v) is 7.09. The summed E-state index contributed by atoms with van der Waals surface area (Å²) >= 11 is 8.03. The van der Waals surface area contributed by atoms with Crippen molar-refractivity contribution in [3.8, 4) is 0 Å². The first-order chi connectivity index (χ1) is 8.79. The molecule has 0 fully saturated rings. The molecule has 0 atom stereocenters. The van der Waals surface area contributed by atoms with Crippen LogP contribution in [0.2, 0.25) is 5.02 Å². The maximum atomic E-state index is 12.4. The summed E-state index contributed by atoms with van der Waals surface area (Å²) in [6, 6.07) is 4.66. The van der Waals surface area contributed by atoms with Crippen molar-refractivity contribution in [2.75, 3.05) is 0 Å². The number of hydrogen-bond donors (Lipinski definition) is 0. The molecule has 0 amide bonds. The van der Waals surface area contributed by atoms with Gasteiger partial charge in [0.1, 0.15) is 0 Å². The van der Waals surface area contributed by atoms with Crippen molar-refractivity contribution < 1.29 is 18.0 Å². The van der Waals surface area contributed by atoms with E-state index in [1.54, 1.807) is 12.1 Å². The molecule has 0 radical (unpaired) electrons. The van der Waals surface area contributed by atoms with Crippen LogP contribution in [0.5, 0.6) is 0 Å². The van der Waals surface area contributed by atoms with Crippen LogP contribution in [0.1, 0.15) is 20.2 Å². The van der Waals surface area contributed by atoms with Crippen LogP contribution in [-0.2, 0) is 6.18 Å². The molecule has 1 aromatic carbocycles. The van der Waals surface area contributed by atoms with Crippen molar-refractivity contribution in [1.82, 2.24) is 4.98 Å². The summed E-state index contributed by atoms with van der Waals surface area (Å²) in [5.41, 5.74) is 0.269. The fourth-order valence-corrected chi connectivity index (χ4v) is 2.80. The maximum Gasteiger partial charge on any atom is 0.443 e. The molecule has 0 bridgehead atoms. The lowest BCUT2D eigenvalue weighted by atomic mass is 10.1. The maximum absolute atomic E-state index is 12.4. The van der Waals surface area contributed by atoms with Gasteiger partial charge in [-0.2, -0.15) is 13.2 Å². The molecule has 0 spiro atoms. The molecule has 0 unspecified atom stereocenters. The van der Waals surface area contributed by atoms with Gasteiger partial charge in [0.15, 0.2) is 5.01 Å². The molecular formula is C11H4ClF3INOS. The van der Waals surface area contributed by atoms with Gasteiger partial charge in [-0.3, -0.25) is 4.79 Å². The molecule has 0 aliphatic heterocycles. The smallest absolute Gasteiger partial charge is 0.288 e. The second-order valence-corrected chi connectivity index (χ2v) is 6.11. The molecule has 0 saturated heterocycles. The summed E-state index contributed by atoms with van der Waals surface area (Å²) in [4.78, 5) is 15.3. The number of hydrogen-bond acceptors (Lipinski definition) is 3. The Morgan fingerprint density at radius 2 is 2.05 bits per heavy atom. The van der Waals surface area contributed by atoms with E-state index in [4.69, 9.17) is 11.6 Å². The fraction of sp³-hybridized carbons (Fsp3) is 0.0909. The first-order valence-electron chi connectivity index (χ1n) is 4.82. The number of nitrogens with zero attached hydrogens (tertiary/aromatic N) is 1. The Balaban J connectivity index is 2.39. The Morgan fingerprint density at radius 3 is 2.63 bits per heavy atom. The van der Waals surface area contributed by atoms with Crippen LogP contribution >= 0.6 is 45.5 Å². The van der Waals surface area contributed by atoms with Crippen LogP contribution in [0.15, 0.2) is 24.4 Å². The van der Waals surface area contributed by atoms with Crippen molar-refractivity contribution in [2.45, 2.75) is 6.18 Å². The summed E-state index contributed by atoms with van der Waals surface area (Å²) in [6.45, 7) is 0. The molecule has 0 saturated carbocycles. The Morgan fingerprint density at radius 1 is 1.37 bits per heavy atom. The highest BCUT2D eigenvalue weighted by Crippen LogP contribution is 2.33. The molecule has 0 aliphatic carbocycles. The van der Waals surface area contributed by atoms with E-state index in [2.05, 4.69) is 4.98 Å². The second-order valence-electron chi connectivity index (χ2n) is 3.48. The Bertz CT molecular complexity index is 641. The van der Waals surface area contributed by atoms with Crippen LogP contribution in [-0.4, -0.2) is 10.8 Å². The molecule has 19 heavy (non-hydrogen) atoms. The van der Waals surface area contributed by atoms with E-state index >= 15 is 0 Å². The Labute approximate surface area is 128 Å². The van der Waals surface area contributed by atoms with E-state index in [9.17, 15) is 18.0 Å². The molecule has 0 N–H and O–H groups in total. The lowest BCUT2D eigenvalue weighted by Crippen LogP contribution is -2.03. The molecule has 2 nitrogen and oxygen atoms in total. The highest BCUT2D eigenvalue weighted by molar-refractivity contribution is 14.1. The van der Waals surface area contributed by atoms with E-state index in [1.165, 1.54) is 6.07 Å². The summed E-state index contributed by atoms with van der Waals surface area (Å²) in [5, 5.41) is -0.683. The van der Waals surface area contributed by atoms with Crippen LogP contribution in [0.4, 0.5) is 13.2 Å². The van der Waals surface area contributed by atoms with Gasteiger partial charge in [0.25, 0.3) is 0 Å². The number of halogens is 5. The molecule has 100 valence electrons. The summed E-state index contributed by atoms with van der Waals surface area (Å²) in [7, 11) is 0. The van der Waals surface area contributed by atoms with Gasteiger partial charge < -0.3 is 0 Å². The predicted octanol–water partition coefficient (Wildman–Crippen LogP) is 4.65. The quantitative estimate of drug-likeness (QED) is 0.526. The van der Waals surface area contributed by atoms with E-state index in [1.807, 2.05) is 22.6 Å². The Hall–Kier alpha value is -0.670. The standard InChI is InChI=1S/C11H4ClF3INOS/c12-5-1-2-7(16)6(3-5)9(18)8-4-17-10(19-8)11(13,14)15/h1-4H. The average molecular weight is 418 g/mol. The summed E-state index contributed by atoms with van der Waals surface area (Å²) < 4.78 is 37.9. The van der Waals surface area contributed by atoms with Crippen molar-refractivity contribution >= 4 is 51.3 Å². The first kappa shape index (κ1) is 14.7. The zero-order chi connectivity index (χ0) is 14.2. The van der Waals surface area contributed by atoms with Crippen molar-refractivity contribution in [2.24, 2.45) is 0 Å². The van der Waals surface area contributed by atoms with Crippen molar-refractivity contribution in [3.05, 3.63) is 48.4 Å². The minimum atomic E-state index is -4.54. The lowest BCUT2D eigenvalue weighted by Gasteiger charge is -2.02. The highest BCUT2D eigenvalue weighted by Gasteiger charge is 2.35. The van der Waals surface area contributed by atoms with Gasteiger partial charge in [-0.1, -0.05) is 11.6 Å².